The van der Waals surface area contributed by atoms with Crippen molar-refractivity contribution in [3.8, 4) is 23.3 Å². The summed E-state index contributed by atoms with van der Waals surface area (Å²) in [5, 5.41) is 8.86. The molecule has 2 rings (SSSR count). The minimum absolute atomic E-state index is 0.0537. The molecule has 0 aliphatic rings. The van der Waals surface area contributed by atoms with E-state index in [9.17, 15) is 4.79 Å². The van der Waals surface area contributed by atoms with Crippen LogP contribution < -0.4 is 14.2 Å². The highest BCUT2D eigenvalue weighted by molar-refractivity contribution is 5.77. The molecule has 0 atom stereocenters. The molecule has 0 bridgehead atoms. The highest BCUT2D eigenvalue weighted by atomic mass is 16.5. The van der Waals surface area contributed by atoms with Crippen LogP contribution >= 0.6 is 0 Å². The molecule has 1 amide bonds. The fourth-order valence-electron chi connectivity index (χ4n) is 2.89. The smallest absolute Gasteiger partial charge is 0.260 e. The highest BCUT2D eigenvalue weighted by Crippen LogP contribution is 2.29. The number of nitrogens with zero attached hydrogens (tertiary/aromatic N) is 2. The minimum atomic E-state index is -0.0921. The maximum absolute atomic E-state index is 12.7. The number of amides is 1. The zero-order valence-electron chi connectivity index (χ0n) is 18.0. The molecule has 0 aromatic heterocycles. The standard InChI is InChI=1S/C24H30N2O4/c1-4-13-26(24(27)18-30-21-10-7-19(16-25)8-11-21)17-20-9-12-22(29-14-5-2)23(15-20)28-6-3/h7-12,15H,4-6,13-14,17-18H2,1-3H3. The summed E-state index contributed by atoms with van der Waals surface area (Å²) in [5.74, 6) is 1.89. The summed E-state index contributed by atoms with van der Waals surface area (Å²) >= 11 is 0. The number of benzene rings is 2. The molecule has 2 aromatic carbocycles. The summed E-state index contributed by atoms with van der Waals surface area (Å²) in [7, 11) is 0. The molecule has 0 aliphatic carbocycles. The van der Waals surface area contributed by atoms with Gasteiger partial charge in [0.1, 0.15) is 5.75 Å². The third-order valence-electron chi connectivity index (χ3n) is 4.34. The monoisotopic (exact) mass is 410 g/mol. The average Bonchev–Trinajstić information content (AvgIpc) is 2.77. The summed E-state index contributed by atoms with van der Waals surface area (Å²) in [6.07, 6.45) is 1.77. The van der Waals surface area contributed by atoms with Crippen molar-refractivity contribution in [2.24, 2.45) is 0 Å². The summed E-state index contributed by atoms with van der Waals surface area (Å²) in [6, 6.07) is 14.6. The second-order valence-corrected chi connectivity index (χ2v) is 6.80. The first-order valence-electron chi connectivity index (χ1n) is 10.4. The lowest BCUT2D eigenvalue weighted by molar-refractivity contribution is -0.134. The van der Waals surface area contributed by atoms with E-state index in [1.54, 1.807) is 29.2 Å². The van der Waals surface area contributed by atoms with Gasteiger partial charge in [0.05, 0.1) is 24.8 Å². The van der Waals surface area contributed by atoms with Crippen LogP contribution in [0.25, 0.3) is 0 Å². The molecule has 30 heavy (non-hydrogen) atoms. The Morgan fingerprint density at radius 1 is 0.967 bits per heavy atom. The van der Waals surface area contributed by atoms with Crippen molar-refractivity contribution in [3.05, 3.63) is 53.6 Å². The van der Waals surface area contributed by atoms with Crippen molar-refractivity contribution in [1.29, 1.82) is 5.26 Å². The van der Waals surface area contributed by atoms with E-state index in [4.69, 9.17) is 19.5 Å². The molecular weight excluding hydrogens is 380 g/mol. The molecular formula is C24H30N2O4. The van der Waals surface area contributed by atoms with Crippen molar-refractivity contribution >= 4 is 5.91 Å². The second-order valence-electron chi connectivity index (χ2n) is 6.80. The largest absolute Gasteiger partial charge is 0.490 e. The lowest BCUT2D eigenvalue weighted by Crippen LogP contribution is -2.35. The zero-order chi connectivity index (χ0) is 21.8. The van der Waals surface area contributed by atoms with Crippen LogP contribution in [0.3, 0.4) is 0 Å². The molecule has 0 N–H and O–H groups in total. The van der Waals surface area contributed by atoms with Gasteiger partial charge in [0.25, 0.3) is 5.91 Å². The number of hydrogen-bond donors (Lipinski definition) is 0. The molecule has 2 aromatic rings. The SMILES string of the molecule is CCCOc1ccc(CN(CCC)C(=O)COc2ccc(C#N)cc2)cc1OCC. The lowest BCUT2D eigenvalue weighted by Gasteiger charge is -2.23. The lowest BCUT2D eigenvalue weighted by atomic mass is 10.1. The molecule has 0 saturated carbocycles. The van der Waals surface area contributed by atoms with E-state index in [2.05, 4.69) is 13.0 Å². The quantitative estimate of drug-likeness (QED) is 0.513. The van der Waals surface area contributed by atoms with Crippen LogP contribution in [-0.4, -0.2) is 37.2 Å². The Labute approximate surface area is 179 Å². The highest BCUT2D eigenvalue weighted by Gasteiger charge is 2.16. The average molecular weight is 411 g/mol. The number of rotatable bonds is 12. The van der Waals surface area contributed by atoms with Gasteiger partial charge in [0.2, 0.25) is 0 Å². The van der Waals surface area contributed by atoms with Crippen LogP contribution in [0.15, 0.2) is 42.5 Å². The van der Waals surface area contributed by atoms with E-state index in [0.29, 0.717) is 43.4 Å². The first kappa shape index (κ1) is 23.1. The Balaban J connectivity index is 2.04. The molecule has 6 nitrogen and oxygen atoms in total. The van der Waals surface area contributed by atoms with Gasteiger partial charge in [-0.1, -0.05) is 19.9 Å². The van der Waals surface area contributed by atoms with Crippen molar-refractivity contribution in [1.82, 2.24) is 4.90 Å². The van der Waals surface area contributed by atoms with Gasteiger partial charge >= 0.3 is 0 Å². The summed E-state index contributed by atoms with van der Waals surface area (Å²) in [6.45, 7) is 8.25. The van der Waals surface area contributed by atoms with E-state index in [0.717, 1.165) is 24.2 Å². The maximum atomic E-state index is 12.7. The number of carbonyl (C=O) groups excluding carboxylic acids is 1. The molecule has 0 saturated heterocycles. The Hall–Kier alpha value is -3.20. The van der Waals surface area contributed by atoms with Crippen molar-refractivity contribution < 1.29 is 19.0 Å². The Morgan fingerprint density at radius 3 is 2.37 bits per heavy atom. The number of nitriles is 1. The predicted molar refractivity (Wildman–Crippen MR) is 116 cm³/mol. The maximum Gasteiger partial charge on any atom is 0.260 e. The molecule has 0 spiro atoms. The minimum Gasteiger partial charge on any atom is -0.490 e. The normalized spacial score (nSPS) is 10.2. The molecule has 0 unspecified atom stereocenters. The molecule has 6 heteroatoms. The summed E-state index contributed by atoms with van der Waals surface area (Å²) in [5.41, 5.74) is 1.53. The second kappa shape index (κ2) is 12.4. The van der Waals surface area contributed by atoms with Crippen LogP contribution in [0.5, 0.6) is 17.2 Å². The van der Waals surface area contributed by atoms with E-state index >= 15 is 0 Å². The predicted octanol–water partition coefficient (Wildman–Crippen LogP) is 4.56. The van der Waals surface area contributed by atoms with Crippen LogP contribution in [-0.2, 0) is 11.3 Å². The summed E-state index contributed by atoms with van der Waals surface area (Å²) < 4.78 is 17.1. The molecule has 0 heterocycles. The number of carbonyl (C=O) groups is 1. The molecule has 160 valence electrons. The van der Waals surface area contributed by atoms with E-state index in [1.165, 1.54) is 0 Å². The first-order valence-corrected chi connectivity index (χ1v) is 10.4. The number of ether oxygens (including phenoxy) is 3. The van der Waals surface area contributed by atoms with Gasteiger partial charge < -0.3 is 19.1 Å². The number of hydrogen-bond acceptors (Lipinski definition) is 5. The van der Waals surface area contributed by atoms with Gasteiger partial charge in [-0.15, -0.1) is 0 Å². The van der Waals surface area contributed by atoms with Crippen molar-refractivity contribution in [2.75, 3.05) is 26.4 Å². The Morgan fingerprint density at radius 2 is 1.73 bits per heavy atom. The topological polar surface area (TPSA) is 71.8 Å². The molecule has 0 fully saturated rings. The Bertz CT molecular complexity index is 843. The van der Waals surface area contributed by atoms with Crippen molar-refractivity contribution in [2.45, 2.75) is 40.2 Å². The fraction of sp³-hybridized carbons (Fsp3) is 0.417. The third-order valence-corrected chi connectivity index (χ3v) is 4.34. The van der Waals surface area contributed by atoms with Crippen LogP contribution in [0.4, 0.5) is 0 Å². The third kappa shape index (κ3) is 7.00. The Kier molecular flexibility index (Phi) is 9.53. The van der Waals surface area contributed by atoms with E-state index in [-0.39, 0.29) is 12.5 Å². The van der Waals surface area contributed by atoms with Gasteiger partial charge in [-0.2, -0.15) is 5.26 Å². The first-order chi connectivity index (χ1) is 14.6. The van der Waals surface area contributed by atoms with Crippen LogP contribution in [0.1, 0.15) is 44.7 Å². The van der Waals surface area contributed by atoms with Crippen LogP contribution in [0.2, 0.25) is 0 Å². The van der Waals surface area contributed by atoms with Crippen LogP contribution in [0, 0.1) is 11.3 Å². The molecule has 0 radical (unpaired) electrons. The van der Waals surface area contributed by atoms with Gasteiger partial charge in [0, 0.05) is 13.1 Å². The fourth-order valence-corrected chi connectivity index (χ4v) is 2.89. The van der Waals surface area contributed by atoms with Gasteiger partial charge in [-0.05, 0) is 61.7 Å². The summed E-state index contributed by atoms with van der Waals surface area (Å²) in [4.78, 5) is 14.5. The van der Waals surface area contributed by atoms with Crippen molar-refractivity contribution in [3.63, 3.8) is 0 Å². The van der Waals surface area contributed by atoms with E-state index in [1.807, 2.05) is 32.0 Å². The van der Waals surface area contributed by atoms with Gasteiger partial charge in [0.15, 0.2) is 18.1 Å². The van der Waals surface area contributed by atoms with Gasteiger partial charge in [-0.25, -0.2) is 0 Å². The molecule has 0 aliphatic heterocycles. The van der Waals surface area contributed by atoms with Gasteiger partial charge in [-0.3, -0.25) is 4.79 Å². The zero-order valence-corrected chi connectivity index (χ0v) is 18.0. The van der Waals surface area contributed by atoms with E-state index < -0.39 is 0 Å².